The highest BCUT2D eigenvalue weighted by Gasteiger charge is 2.26. The monoisotopic (exact) mass is 328 g/mol. The maximum atomic E-state index is 11.9. The van der Waals surface area contributed by atoms with Gasteiger partial charge in [0.25, 0.3) is 0 Å². The predicted octanol–water partition coefficient (Wildman–Crippen LogP) is 2.90. The Bertz CT molecular complexity index is 711. The topological polar surface area (TPSA) is 58.2 Å². The Hall–Kier alpha value is -2.33. The van der Waals surface area contributed by atoms with Crippen LogP contribution in [0.15, 0.2) is 48.5 Å². The first kappa shape index (κ1) is 15.6. The van der Waals surface area contributed by atoms with E-state index in [9.17, 15) is 9.59 Å². The number of carbonyl (C=O) groups excluding carboxylic acids is 2. The van der Waals surface area contributed by atoms with E-state index in [1.54, 1.807) is 0 Å². The van der Waals surface area contributed by atoms with Gasteiger partial charge in [0.15, 0.2) is 0 Å². The molecule has 1 aliphatic heterocycles. The number of hydrogen-bond acceptors (Lipinski definition) is 2. The molecule has 1 unspecified atom stereocenters. The number of amides is 2. The van der Waals surface area contributed by atoms with Crippen molar-refractivity contribution in [3.63, 3.8) is 0 Å². The maximum Gasteiger partial charge on any atom is 0.242 e. The van der Waals surface area contributed by atoms with E-state index in [1.165, 1.54) is 0 Å². The van der Waals surface area contributed by atoms with E-state index in [0.29, 0.717) is 24.4 Å². The SMILES string of the molecule is O=C1CCC(C(=O)NCc2ccc(-c3ccc(Cl)cc3)cc2)N1. The minimum atomic E-state index is -0.393. The number of halogens is 1. The third-order valence-corrected chi connectivity index (χ3v) is 4.16. The van der Waals surface area contributed by atoms with Crippen molar-refractivity contribution in [1.29, 1.82) is 0 Å². The lowest BCUT2D eigenvalue weighted by molar-refractivity contribution is -0.125. The highest BCUT2D eigenvalue weighted by Crippen LogP contribution is 2.21. The maximum absolute atomic E-state index is 11.9. The molecule has 2 aromatic carbocycles. The van der Waals surface area contributed by atoms with Gasteiger partial charge in [-0.15, -0.1) is 0 Å². The van der Waals surface area contributed by atoms with E-state index in [4.69, 9.17) is 11.6 Å². The van der Waals surface area contributed by atoms with Gasteiger partial charge in [0.05, 0.1) is 0 Å². The molecule has 0 radical (unpaired) electrons. The van der Waals surface area contributed by atoms with Crippen LogP contribution >= 0.6 is 11.6 Å². The van der Waals surface area contributed by atoms with Crippen LogP contribution in [0.1, 0.15) is 18.4 Å². The lowest BCUT2D eigenvalue weighted by Gasteiger charge is -2.11. The van der Waals surface area contributed by atoms with Crippen LogP contribution in [-0.4, -0.2) is 17.9 Å². The average Bonchev–Trinajstić information content (AvgIpc) is 3.00. The molecule has 2 N–H and O–H groups in total. The van der Waals surface area contributed by atoms with Gasteiger partial charge in [-0.2, -0.15) is 0 Å². The zero-order valence-electron chi connectivity index (χ0n) is 12.5. The third kappa shape index (κ3) is 3.90. The van der Waals surface area contributed by atoms with Crippen LogP contribution in [0.4, 0.5) is 0 Å². The fraction of sp³-hybridized carbons (Fsp3) is 0.222. The van der Waals surface area contributed by atoms with Crippen molar-refractivity contribution in [2.45, 2.75) is 25.4 Å². The van der Waals surface area contributed by atoms with Crippen LogP contribution in [0.2, 0.25) is 5.02 Å². The van der Waals surface area contributed by atoms with Crippen LogP contribution < -0.4 is 10.6 Å². The van der Waals surface area contributed by atoms with Gasteiger partial charge < -0.3 is 10.6 Å². The van der Waals surface area contributed by atoms with Gasteiger partial charge in [-0.3, -0.25) is 9.59 Å². The van der Waals surface area contributed by atoms with Gasteiger partial charge in [-0.25, -0.2) is 0 Å². The van der Waals surface area contributed by atoms with Crippen molar-refractivity contribution in [3.05, 3.63) is 59.1 Å². The zero-order valence-corrected chi connectivity index (χ0v) is 13.3. The summed E-state index contributed by atoms with van der Waals surface area (Å²) in [6.45, 7) is 0.450. The fourth-order valence-corrected chi connectivity index (χ4v) is 2.71. The molecule has 0 aromatic heterocycles. The second-order valence-corrected chi connectivity index (χ2v) is 6.02. The Morgan fingerprint density at radius 3 is 2.26 bits per heavy atom. The van der Waals surface area contributed by atoms with Crippen LogP contribution in [-0.2, 0) is 16.1 Å². The molecule has 1 aliphatic rings. The summed E-state index contributed by atoms with van der Waals surface area (Å²) < 4.78 is 0. The lowest BCUT2D eigenvalue weighted by atomic mass is 10.0. The molecule has 0 spiro atoms. The van der Waals surface area contributed by atoms with E-state index in [0.717, 1.165) is 16.7 Å². The van der Waals surface area contributed by atoms with Gasteiger partial charge in [-0.05, 0) is 35.2 Å². The van der Waals surface area contributed by atoms with Gasteiger partial charge >= 0.3 is 0 Å². The number of rotatable bonds is 4. The van der Waals surface area contributed by atoms with Crippen LogP contribution in [0.5, 0.6) is 0 Å². The first-order valence-corrected chi connectivity index (χ1v) is 7.91. The summed E-state index contributed by atoms with van der Waals surface area (Å²) in [5.74, 6) is -0.185. The molecule has 23 heavy (non-hydrogen) atoms. The largest absolute Gasteiger partial charge is 0.350 e. The highest BCUT2D eigenvalue weighted by atomic mass is 35.5. The molecule has 4 nitrogen and oxygen atoms in total. The molecule has 1 fully saturated rings. The van der Waals surface area contributed by atoms with Crippen molar-refractivity contribution in [3.8, 4) is 11.1 Å². The Morgan fingerprint density at radius 1 is 1.09 bits per heavy atom. The van der Waals surface area contributed by atoms with Crippen molar-refractivity contribution < 1.29 is 9.59 Å². The van der Waals surface area contributed by atoms with Gasteiger partial charge in [0.1, 0.15) is 6.04 Å². The average molecular weight is 329 g/mol. The summed E-state index contributed by atoms with van der Waals surface area (Å²) in [7, 11) is 0. The van der Waals surface area contributed by atoms with E-state index >= 15 is 0 Å². The third-order valence-electron chi connectivity index (χ3n) is 3.91. The molecule has 1 heterocycles. The molecule has 3 rings (SSSR count). The minimum Gasteiger partial charge on any atom is -0.350 e. The molecular weight excluding hydrogens is 312 g/mol. The molecule has 1 saturated heterocycles. The first-order chi connectivity index (χ1) is 11.1. The van der Waals surface area contributed by atoms with Crippen molar-refractivity contribution >= 4 is 23.4 Å². The normalized spacial score (nSPS) is 16.9. The standard InChI is InChI=1S/C18H17ClN2O2/c19-15-7-5-14(6-8-15)13-3-1-12(2-4-13)11-20-18(23)16-9-10-17(22)21-16/h1-8,16H,9-11H2,(H,20,23)(H,21,22). The van der Waals surface area contributed by atoms with Gasteiger partial charge in [0.2, 0.25) is 11.8 Å². The fourth-order valence-electron chi connectivity index (χ4n) is 2.58. The van der Waals surface area contributed by atoms with E-state index in [1.807, 2.05) is 48.5 Å². The van der Waals surface area contributed by atoms with Gasteiger partial charge in [-0.1, -0.05) is 48.0 Å². The van der Waals surface area contributed by atoms with E-state index < -0.39 is 6.04 Å². The summed E-state index contributed by atoms with van der Waals surface area (Å²) in [5, 5.41) is 6.24. The van der Waals surface area contributed by atoms with Crippen molar-refractivity contribution in [2.75, 3.05) is 0 Å². The Kier molecular flexibility index (Phi) is 4.63. The Morgan fingerprint density at radius 2 is 1.70 bits per heavy atom. The number of carbonyl (C=O) groups is 2. The summed E-state index contributed by atoms with van der Waals surface area (Å²) >= 11 is 5.89. The molecule has 2 aromatic rings. The minimum absolute atomic E-state index is 0.0579. The van der Waals surface area contributed by atoms with Crippen LogP contribution in [0.25, 0.3) is 11.1 Å². The second kappa shape index (κ2) is 6.84. The Labute approximate surface area is 139 Å². The molecule has 1 atom stereocenters. The van der Waals surface area contributed by atoms with E-state index in [-0.39, 0.29) is 11.8 Å². The Balaban J connectivity index is 1.58. The van der Waals surface area contributed by atoms with Crippen molar-refractivity contribution in [2.24, 2.45) is 0 Å². The molecule has 118 valence electrons. The first-order valence-electron chi connectivity index (χ1n) is 7.54. The number of benzene rings is 2. The van der Waals surface area contributed by atoms with Crippen LogP contribution in [0, 0.1) is 0 Å². The summed E-state index contributed by atoms with van der Waals surface area (Å²) in [5.41, 5.74) is 3.21. The van der Waals surface area contributed by atoms with E-state index in [2.05, 4.69) is 10.6 Å². The summed E-state index contributed by atoms with van der Waals surface area (Å²) in [6, 6.07) is 15.3. The smallest absolute Gasteiger partial charge is 0.242 e. The second-order valence-electron chi connectivity index (χ2n) is 5.58. The zero-order chi connectivity index (χ0) is 16.2. The molecular formula is C18H17ClN2O2. The number of nitrogens with one attached hydrogen (secondary N) is 2. The molecule has 5 heteroatoms. The summed E-state index contributed by atoms with van der Waals surface area (Å²) in [6.07, 6.45) is 0.994. The number of hydrogen-bond donors (Lipinski definition) is 2. The molecule has 0 saturated carbocycles. The van der Waals surface area contributed by atoms with Crippen molar-refractivity contribution in [1.82, 2.24) is 10.6 Å². The predicted molar refractivity (Wildman–Crippen MR) is 89.9 cm³/mol. The summed E-state index contributed by atoms with van der Waals surface area (Å²) in [4.78, 5) is 23.1. The molecule has 0 bridgehead atoms. The molecule has 2 amide bonds. The van der Waals surface area contributed by atoms with Crippen LogP contribution in [0.3, 0.4) is 0 Å². The quantitative estimate of drug-likeness (QED) is 0.906. The lowest BCUT2D eigenvalue weighted by Crippen LogP contribution is -2.41. The highest BCUT2D eigenvalue weighted by molar-refractivity contribution is 6.30. The van der Waals surface area contributed by atoms with Gasteiger partial charge in [0, 0.05) is 18.0 Å². The molecule has 0 aliphatic carbocycles.